The zero-order valence-electron chi connectivity index (χ0n) is 8.03. The number of aliphatic hydroxyl groups excluding tert-OH is 1. The van der Waals surface area contributed by atoms with Crippen molar-refractivity contribution in [3.05, 3.63) is 0 Å². The second kappa shape index (κ2) is 3.20. The maximum absolute atomic E-state index is 9.17. The van der Waals surface area contributed by atoms with Gasteiger partial charge in [-0.3, -0.25) is 0 Å². The SMILES string of the molecule is CC1(C)OCC([C@@H]2CC[C@@H](O)O2)O1. The first-order chi connectivity index (χ1) is 6.07. The summed E-state index contributed by atoms with van der Waals surface area (Å²) in [6, 6.07) is 0. The van der Waals surface area contributed by atoms with Gasteiger partial charge in [-0.2, -0.15) is 0 Å². The first-order valence-electron chi connectivity index (χ1n) is 4.72. The zero-order chi connectivity index (χ0) is 9.47. The summed E-state index contributed by atoms with van der Waals surface area (Å²) in [5, 5.41) is 9.17. The minimum absolute atomic E-state index is 0.00299. The van der Waals surface area contributed by atoms with Crippen LogP contribution in [0.3, 0.4) is 0 Å². The molecule has 1 unspecified atom stereocenters. The molecule has 0 amide bonds. The molecule has 4 heteroatoms. The lowest BCUT2D eigenvalue weighted by molar-refractivity contribution is -0.168. The largest absolute Gasteiger partial charge is 0.368 e. The molecule has 3 atom stereocenters. The van der Waals surface area contributed by atoms with Crippen molar-refractivity contribution in [3.63, 3.8) is 0 Å². The Morgan fingerprint density at radius 1 is 1.23 bits per heavy atom. The molecule has 0 aliphatic carbocycles. The van der Waals surface area contributed by atoms with E-state index in [4.69, 9.17) is 14.2 Å². The van der Waals surface area contributed by atoms with E-state index in [9.17, 15) is 5.11 Å². The van der Waals surface area contributed by atoms with Gasteiger partial charge in [0.05, 0.1) is 12.7 Å². The van der Waals surface area contributed by atoms with E-state index in [1.807, 2.05) is 13.8 Å². The summed E-state index contributed by atoms with van der Waals surface area (Å²) in [6.45, 7) is 4.33. The maximum Gasteiger partial charge on any atom is 0.163 e. The lowest BCUT2D eigenvalue weighted by atomic mass is 10.1. The Morgan fingerprint density at radius 2 is 2.00 bits per heavy atom. The fraction of sp³-hybridized carbons (Fsp3) is 1.00. The molecule has 4 nitrogen and oxygen atoms in total. The van der Waals surface area contributed by atoms with Crippen LogP contribution in [0.4, 0.5) is 0 Å². The minimum Gasteiger partial charge on any atom is -0.368 e. The molecule has 2 fully saturated rings. The van der Waals surface area contributed by atoms with Gasteiger partial charge in [0.25, 0.3) is 0 Å². The van der Waals surface area contributed by atoms with Crippen LogP contribution in [0.25, 0.3) is 0 Å². The lowest BCUT2D eigenvalue weighted by Gasteiger charge is -2.20. The number of rotatable bonds is 1. The van der Waals surface area contributed by atoms with Crippen LogP contribution in [-0.4, -0.2) is 36.0 Å². The van der Waals surface area contributed by atoms with Crippen LogP contribution < -0.4 is 0 Å². The average Bonchev–Trinajstić information content (AvgIpc) is 2.56. The van der Waals surface area contributed by atoms with Crippen LogP contribution >= 0.6 is 0 Å². The number of ether oxygens (including phenoxy) is 3. The van der Waals surface area contributed by atoms with Crippen molar-refractivity contribution < 1.29 is 19.3 Å². The molecule has 2 aliphatic rings. The van der Waals surface area contributed by atoms with Crippen molar-refractivity contribution >= 4 is 0 Å². The van der Waals surface area contributed by atoms with E-state index in [-0.39, 0.29) is 12.2 Å². The Morgan fingerprint density at radius 3 is 2.46 bits per heavy atom. The first kappa shape index (κ1) is 9.40. The van der Waals surface area contributed by atoms with E-state index in [1.165, 1.54) is 0 Å². The highest BCUT2D eigenvalue weighted by atomic mass is 16.8. The van der Waals surface area contributed by atoms with Crippen LogP contribution in [0.15, 0.2) is 0 Å². The molecule has 2 heterocycles. The smallest absolute Gasteiger partial charge is 0.163 e. The predicted molar refractivity (Wildman–Crippen MR) is 45.0 cm³/mol. The summed E-state index contributed by atoms with van der Waals surface area (Å²) in [4.78, 5) is 0. The quantitative estimate of drug-likeness (QED) is 0.656. The molecule has 2 aliphatic heterocycles. The third-order valence-electron chi connectivity index (χ3n) is 2.48. The number of hydrogen-bond acceptors (Lipinski definition) is 4. The highest BCUT2D eigenvalue weighted by Gasteiger charge is 2.40. The van der Waals surface area contributed by atoms with Crippen molar-refractivity contribution in [1.29, 1.82) is 0 Å². The van der Waals surface area contributed by atoms with E-state index in [0.29, 0.717) is 13.0 Å². The second-order valence-corrected chi connectivity index (χ2v) is 4.07. The summed E-state index contributed by atoms with van der Waals surface area (Å²) in [5.41, 5.74) is 0. The fourth-order valence-electron chi connectivity index (χ4n) is 1.82. The Bertz CT molecular complexity index is 192. The van der Waals surface area contributed by atoms with Gasteiger partial charge >= 0.3 is 0 Å². The molecule has 0 spiro atoms. The highest BCUT2D eigenvalue weighted by molar-refractivity contribution is 4.82. The molecule has 1 N–H and O–H groups in total. The topological polar surface area (TPSA) is 47.9 Å². The molecule has 76 valence electrons. The van der Waals surface area contributed by atoms with Crippen molar-refractivity contribution in [3.8, 4) is 0 Å². The average molecular weight is 188 g/mol. The molecule has 0 saturated carbocycles. The van der Waals surface area contributed by atoms with E-state index in [2.05, 4.69) is 0 Å². The van der Waals surface area contributed by atoms with Gasteiger partial charge in [0.15, 0.2) is 12.1 Å². The molecule has 13 heavy (non-hydrogen) atoms. The van der Waals surface area contributed by atoms with Gasteiger partial charge in [-0.1, -0.05) is 0 Å². The van der Waals surface area contributed by atoms with Crippen LogP contribution in [0.1, 0.15) is 26.7 Å². The zero-order valence-corrected chi connectivity index (χ0v) is 8.03. The lowest BCUT2D eigenvalue weighted by Crippen LogP contribution is -2.30. The minimum atomic E-state index is -0.614. The summed E-state index contributed by atoms with van der Waals surface area (Å²) in [6.07, 6.45) is 0.914. The standard InChI is InChI=1S/C9H16O4/c1-9(2)11-5-7(13-9)6-3-4-8(10)12-6/h6-8,10H,3-5H2,1-2H3/t6-,7?,8-/m0/s1. The molecular formula is C9H16O4. The van der Waals surface area contributed by atoms with Crippen LogP contribution in [0, 0.1) is 0 Å². The van der Waals surface area contributed by atoms with Gasteiger partial charge in [0.2, 0.25) is 0 Å². The van der Waals surface area contributed by atoms with Crippen molar-refractivity contribution in [2.75, 3.05) is 6.61 Å². The Labute approximate surface area is 77.8 Å². The Kier molecular flexibility index (Phi) is 2.32. The van der Waals surface area contributed by atoms with Gasteiger partial charge in [0.1, 0.15) is 6.10 Å². The first-order valence-corrected chi connectivity index (χ1v) is 4.72. The molecule has 2 saturated heterocycles. The fourth-order valence-corrected chi connectivity index (χ4v) is 1.82. The van der Waals surface area contributed by atoms with E-state index < -0.39 is 12.1 Å². The van der Waals surface area contributed by atoms with Gasteiger partial charge < -0.3 is 19.3 Å². The highest BCUT2D eigenvalue weighted by Crippen LogP contribution is 2.30. The Balaban J connectivity index is 1.89. The summed E-state index contributed by atoms with van der Waals surface area (Å²) < 4.78 is 16.3. The summed E-state index contributed by atoms with van der Waals surface area (Å²) in [5.74, 6) is -0.498. The van der Waals surface area contributed by atoms with Crippen molar-refractivity contribution in [2.45, 2.75) is 51.0 Å². The van der Waals surface area contributed by atoms with Gasteiger partial charge in [-0.05, 0) is 20.3 Å². The van der Waals surface area contributed by atoms with Crippen molar-refractivity contribution in [2.24, 2.45) is 0 Å². The third-order valence-corrected chi connectivity index (χ3v) is 2.48. The molecule has 0 radical (unpaired) electrons. The molecule has 2 rings (SSSR count). The molecule has 0 bridgehead atoms. The van der Waals surface area contributed by atoms with Gasteiger partial charge in [0, 0.05) is 6.42 Å². The van der Waals surface area contributed by atoms with Crippen LogP contribution in [0.5, 0.6) is 0 Å². The summed E-state index contributed by atoms with van der Waals surface area (Å²) >= 11 is 0. The Hall–Kier alpha value is -0.160. The van der Waals surface area contributed by atoms with Gasteiger partial charge in [-0.25, -0.2) is 0 Å². The van der Waals surface area contributed by atoms with Crippen LogP contribution in [0.2, 0.25) is 0 Å². The van der Waals surface area contributed by atoms with E-state index in [1.54, 1.807) is 0 Å². The normalized spacial score (nSPS) is 44.1. The summed E-state index contributed by atoms with van der Waals surface area (Å²) in [7, 11) is 0. The molecule has 0 aromatic rings. The van der Waals surface area contributed by atoms with Crippen LogP contribution in [-0.2, 0) is 14.2 Å². The second-order valence-electron chi connectivity index (χ2n) is 4.07. The third kappa shape index (κ3) is 2.02. The molecule has 0 aromatic heterocycles. The molecule has 0 aromatic carbocycles. The van der Waals surface area contributed by atoms with E-state index in [0.717, 1.165) is 6.42 Å². The van der Waals surface area contributed by atoms with Gasteiger partial charge in [-0.15, -0.1) is 0 Å². The van der Waals surface area contributed by atoms with Crippen molar-refractivity contribution in [1.82, 2.24) is 0 Å². The number of hydrogen-bond donors (Lipinski definition) is 1. The van der Waals surface area contributed by atoms with E-state index >= 15 is 0 Å². The predicted octanol–water partition coefficient (Wildman–Crippen LogP) is 0.635. The maximum atomic E-state index is 9.17. The number of aliphatic hydroxyl groups is 1. The molecular weight excluding hydrogens is 172 g/mol. The monoisotopic (exact) mass is 188 g/mol.